The number of benzene rings is 2. The zero-order valence-electron chi connectivity index (χ0n) is 17.1. The van der Waals surface area contributed by atoms with E-state index in [4.69, 9.17) is 18.9 Å². The number of carbonyl (C=O) groups is 3. The molecule has 0 spiro atoms. The Balaban J connectivity index is 1.71. The summed E-state index contributed by atoms with van der Waals surface area (Å²) < 4.78 is 20.2. The fourth-order valence-electron chi connectivity index (χ4n) is 2.95. The topological polar surface area (TPSA) is 103 Å². The number of nitrogens with zero attached hydrogens (tertiary/aromatic N) is 1. The number of methoxy groups -OCH3 is 2. The normalized spacial score (nSPS) is 13.4. The van der Waals surface area contributed by atoms with Crippen molar-refractivity contribution in [1.29, 1.82) is 0 Å². The van der Waals surface area contributed by atoms with Crippen LogP contribution < -0.4 is 10.2 Å². The molecule has 0 radical (unpaired) electrons. The average molecular weight is 426 g/mol. The monoisotopic (exact) mass is 426 g/mol. The Bertz CT molecular complexity index is 971. The summed E-state index contributed by atoms with van der Waals surface area (Å²) in [7, 11) is 2.45. The van der Waals surface area contributed by atoms with Gasteiger partial charge in [-0.15, -0.1) is 0 Å². The maximum Gasteiger partial charge on any atom is 0.411 e. The first kappa shape index (κ1) is 21.8. The average Bonchev–Trinajstić information content (AvgIpc) is 2.82. The highest BCUT2D eigenvalue weighted by atomic mass is 16.6. The van der Waals surface area contributed by atoms with Crippen LogP contribution in [0, 0.1) is 0 Å². The van der Waals surface area contributed by atoms with Crippen LogP contribution in [0.1, 0.15) is 5.56 Å². The van der Waals surface area contributed by atoms with Crippen molar-refractivity contribution in [2.45, 2.75) is 6.61 Å². The molecule has 0 saturated carbocycles. The molecule has 9 nitrogen and oxygen atoms in total. The van der Waals surface area contributed by atoms with Crippen LogP contribution in [0.3, 0.4) is 0 Å². The maximum absolute atomic E-state index is 12.3. The van der Waals surface area contributed by atoms with Gasteiger partial charge in [-0.2, -0.15) is 0 Å². The Kier molecular flexibility index (Phi) is 7.23. The van der Waals surface area contributed by atoms with Gasteiger partial charge in [-0.1, -0.05) is 30.3 Å². The van der Waals surface area contributed by atoms with Crippen molar-refractivity contribution in [3.8, 4) is 0 Å². The van der Waals surface area contributed by atoms with Crippen molar-refractivity contribution in [2.75, 3.05) is 37.8 Å². The molecule has 2 aromatic rings. The third-order valence-corrected chi connectivity index (χ3v) is 4.47. The summed E-state index contributed by atoms with van der Waals surface area (Å²) >= 11 is 0. The first-order valence-corrected chi connectivity index (χ1v) is 9.36. The number of hydrogen-bond acceptors (Lipinski definition) is 8. The van der Waals surface area contributed by atoms with Gasteiger partial charge in [0.2, 0.25) is 0 Å². The van der Waals surface area contributed by atoms with E-state index in [0.717, 1.165) is 5.56 Å². The molecule has 3 rings (SSSR count). The van der Waals surface area contributed by atoms with Crippen LogP contribution >= 0.6 is 0 Å². The van der Waals surface area contributed by atoms with Gasteiger partial charge >= 0.3 is 18.0 Å². The summed E-state index contributed by atoms with van der Waals surface area (Å²) in [5, 5.41) is 2.63. The Hall–Kier alpha value is -3.85. The molecule has 1 amide bonds. The van der Waals surface area contributed by atoms with Crippen LogP contribution in [0.5, 0.6) is 0 Å². The summed E-state index contributed by atoms with van der Waals surface area (Å²) in [5.41, 5.74) is 2.04. The fourth-order valence-corrected chi connectivity index (χ4v) is 2.95. The van der Waals surface area contributed by atoms with Crippen molar-refractivity contribution in [3.05, 3.63) is 71.4 Å². The zero-order chi connectivity index (χ0) is 22.2. The number of anilines is 2. The van der Waals surface area contributed by atoms with E-state index in [2.05, 4.69) is 5.32 Å². The van der Waals surface area contributed by atoms with Crippen molar-refractivity contribution >= 4 is 29.4 Å². The van der Waals surface area contributed by atoms with E-state index in [0.29, 0.717) is 11.4 Å². The summed E-state index contributed by atoms with van der Waals surface area (Å²) in [5.74, 6) is -1.36. The Labute approximate surface area is 179 Å². The van der Waals surface area contributed by atoms with Crippen LogP contribution in [0.4, 0.5) is 16.2 Å². The second kappa shape index (κ2) is 10.3. The first-order chi connectivity index (χ1) is 15.0. The van der Waals surface area contributed by atoms with E-state index < -0.39 is 18.0 Å². The quantitative estimate of drug-likeness (QED) is 0.556. The van der Waals surface area contributed by atoms with Crippen molar-refractivity contribution in [3.63, 3.8) is 0 Å². The summed E-state index contributed by atoms with van der Waals surface area (Å²) in [6.45, 7) is 0.122. The third-order valence-electron chi connectivity index (χ3n) is 4.47. The minimum absolute atomic E-state index is 0.0385. The van der Waals surface area contributed by atoms with E-state index in [1.807, 2.05) is 30.3 Å². The van der Waals surface area contributed by atoms with Crippen LogP contribution in [0.2, 0.25) is 0 Å². The molecule has 0 unspecified atom stereocenters. The number of rotatable bonds is 6. The molecular formula is C22H22N2O7. The van der Waals surface area contributed by atoms with Gasteiger partial charge in [0.05, 0.1) is 26.4 Å². The van der Waals surface area contributed by atoms with Gasteiger partial charge in [-0.3, -0.25) is 5.32 Å². The lowest BCUT2D eigenvalue weighted by Crippen LogP contribution is -2.38. The van der Waals surface area contributed by atoms with Crippen molar-refractivity contribution in [1.82, 2.24) is 0 Å². The lowest BCUT2D eigenvalue weighted by atomic mass is 10.1. The Morgan fingerprint density at radius 1 is 0.968 bits per heavy atom. The SMILES string of the molecule is COC(=O)C1=C(C(=O)OC)N(c2ccc(NC(=O)OCc3ccccc3)cc2)COC1. The lowest BCUT2D eigenvalue weighted by molar-refractivity contribution is -0.140. The molecule has 2 aromatic carbocycles. The first-order valence-electron chi connectivity index (χ1n) is 9.36. The number of nitrogens with one attached hydrogen (secondary N) is 1. The van der Waals surface area contributed by atoms with Crippen LogP contribution in [-0.4, -0.2) is 45.6 Å². The van der Waals surface area contributed by atoms with Gasteiger partial charge in [-0.25, -0.2) is 14.4 Å². The van der Waals surface area contributed by atoms with Crippen LogP contribution in [0.15, 0.2) is 65.9 Å². The molecule has 162 valence electrons. The minimum atomic E-state index is -0.685. The molecular weight excluding hydrogens is 404 g/mol. The summed E-state index contributed by atoms with van der Waals surface area (Å²) in [6.07, 6.45) is -0.596. The number of esters is 2. The highest BCUT2D eigenvalue weighted by Gasteiger charge is 2.32. The molecule has 0 fully saturated rings. The molecule has 0 aromatic heterocycles. The molecule has 31 heavy (non-hydrogen) atoms. The van der Waals surface area contributed by atoms with Gasteiger partial charge in [0.1, 0.15) is 19.0 Å². The van der Waals surface area contributed by atoms with Crippen molar-refractivity contribution in [2.24, 2.45) is 0 Å². The number of hydrogen-bond donors (Lipinski definition) is 1. The van der Waals surface area contributed by atoms with Gasteiger partial charge in [0, 0.05) is 11.4 Å². The fraction of sp³-hybridized carbons (Fsp3) is 0.227. The molecule has 0 saturated heterocycles. The second-order valence-corrected chi connectivity index (χ2v) is 6.45. The Morgan fingerprint density at radius 3 is 2.29 bits per heavy atom. The van der Waals surface area contributed by atoms with Crippen LogP contribution in [-0.2, 0) is 35.1 Å². The summed E-state index contributed by atoms with van der Waals surface area (Å²) in [4.78, 5) is 37.9. The zero-order valence-corrected chi connectivity index (χ0v) is 17.1. The van der Waals surface area contributed by atoms with Gasteiger partial charge in [0.25, 0.3) is 0 Å². The summed E-state index contributed by atoms with van der Waals surface area (Å²) in [6, 6.07) is 15.9. The number of carbonyl (C=O) groups excluding carboxylic acids is 3. The number of ether oxygens (including phenoxy) is 4. The van der Waals surface area contributed by atoms with Crippen molar-refractivity contribution < 1.29 is 33.3 Å². The van der Waals surface area contributed by atoms with E-state index in [1.54, 1.807) is 24.3 Å². The predicted molar refractivity (Wildman–Crippen MR) is 111 cm³/mol. The van der Waals surface area contributed by atoms with E-state index in [9.17, 15) is 14.4 Å². The third kappa shape index (κ3) is 5.40. The molecule has 0 atom stereocenters. The van der Waals surface area contributed by atoms with E-state index in [-0.39, 0.29) is 31.2 Å². The molecule has 0 aliphatic carbocycles. The largest absolute Gasteiger partial charge is 0.466 e. The molecule has 1 N–H and O–H groups in total. The highest BCUT2D eigenvalue weighted by molar-refractivity contribution is 6.03. The molecule has 9 heteroatoms. The lowest BCUT2D eigenvalue weighted by Gasteiger charge is -2.31. The van der Waals surface area contributed by atoms with E-state index in [1.165, 1.54) is 19.1 Å². The maximum atomic E-state index is 12.3. The molecule has 1 heterocycles. The van der Waals surface area contributed by atoms with Gasteiger partial charge in [-0.05, 0) is 29.8 Å². The smallest absolute Gasteiger partial charge is 0.411 e. The van der Waals surface area contributed by atoms with Crippen LogP contribution in [0.25, 0.3) is 0 Å². The number of amides is 1. The molecule has 1 aliphatic heterocycles. The van der Waals surface area contributed by atoms with Gasteiger partial charge in [0.15, 0.2) is 0 Å². The highest BCUT2D eigenvalue weighted by Crippen LogP contribution is 2.27. The molecule has 1 aliphatic rings. The standard InChI is InChI=1S/C22H22N2O7/c1-28-20(25)18-13-30-14-24(19(18)21(26)29-2)17-10-8-16(9-11-17)23-22(27)31-12-15-6-4-3-5-7-15/h3-11H,12-14H2,1-2H3,(H,23,27). The minimum Gasteiger partial charge on any atom is -0.466 e. The molecule has 0 bridgehead atoms. The Morgan fingerprint density at radius 2 is 1.65 bits per heavy atom. The van der Waals surface area contributed by atoms with Gasteiger partial charge < -0.3 is 23.8 Å². The predicted octanol–water partition coefficient (Wildman–Crippen LogP) is 2.83. The second-order valence-electron chi connectivity index (χ2n) is 6.45. The van der Waals surface area contributed by atoms with E-state index >= 15 is 0 Å².